The van der Waals surface area contributed by atoms with Gasteiger partial charge in [-0.25, -0.2) is 4.99 Å². The number of carbonyl (C=O) groups is 1. The number of thiazole rings is 1. The minimum absolute atomic E-state index is 0.283. The van der Waals surface area contributed by atoms with Crippen LogP contribution in [0.1, 0.15) is 29.7 Å². The number of para-hydroxylation sites is 1. The quantitative estimate of drug-likeness (QED) is 0.536. The van der Waals surface area contributed by atoms with Gasteiger partial charge in [0.05, 0.1) is 23.2 Å². The molecule has 0 fully saturated rings. The second-order valence-electron chi connectivity index (χ2n) is 7.94. The maximum absolute atomic E-state index is 13.4. The Morgan fingerprint density at radius 2 is 1.91 bits per heavy atom. The number of benzene rings is 2. The summed E-state index contributed by atoms with van der Waals surface area (Å²) in [6, 6.07) is 11.0. The number of aromatic nitrogens is 1. The molecule has 0 spiro atoms. The molecule has 0 N–H and O–H groups in total. The third-order valence-electron chi connectivity index (χ3n) is 5.87. The van der Waals surface area contributed by atoms with Gasteiger partial charge in [0, 0.05) is 5.56 Å². The van der Waals surface area contributed by atoms with Crippen LogP contribution in [0.2, 0.25) is 0 Å². The molecule has 6 nitrogen and oxygen atoms in total. The van der Waals surface area contributed by atoms with Gasteiger partial charge in [0.15, 0.2) is 4.80 Å². The van der Waals surface area contributed by atoms with Crippen LogP contribution in [0.4, 0.5) is 13.2 Å². The number of ether oxygens (including phenoxy) is 2. The Balaban J connectivity index is 1.71. The summed E-state index contributed by atoms with van der Waals surface area (Å²) in [5, 5.41) is 0. The Kier molecular flexibility index (Phi) is 4.75. The predicted octanol–water partition coefficient (Wildman–Crippen LogP) is 2.88. The lowest BCUT2D eigenvalue weighted by atomic mass is 9.81. The Bertz CT molecular complexity index is 1440. The van der Waals surface area contributed by atoms with Crippen molar-refractivity contribution in [2.75, 3.05) is 7.11 Å². The predicted molar refractivity (Wildman–Crippen MR) is 113 cm³/mol. The second kappa shape index (κ2) is 7.31. The molecule has 3 heterocycles. The van der Waals surface area contributed by atoms with E-state index in [1.807, 2.05) is 0 Å². The maximum atomic E-state index is 13.4. The molecular weight excluding hydrogens is 457 g/mol. The minimum atomic E-state index is -4.44. The molecule has 0 aliphatic carbocycles. The van der Waals surface area contributed by atoms with Crippen LogP contribution in [0.3, 0.4) is 0 Å². The first-order valence-corrected chi connectivity index (χ1v) is 10.8. The van der Waals surface area contributed by atoms with Gasteiger partial charge in [0.2, 0.25) is 5.72 Å². The lowest BCUT2D eigenvalue weighted by molar-refractivity contribution is -0.158. The summed E-state index contributed by atoms with van der Waals surface area (Å²) in [6.07, 6.45) is -2.93. The first kappa shape index (κ1) is 21.4. The Hall–Kier alpha value is -3.40. The average molecular weight is 474 g/mol. The van der Waals surface area contributed by atoms with Crippen LogP contribution >= 0.6 is 11.3 Å². The zero-order chi connectivity index (χ0) is 23.5. The van der Waals surface area contributed by atoms with E-state index >= 15 is 0 Å². The van der Waals surface area contributed by atoms with E-state index in [1.165, 1.54) is 29.9 Å². The third kappa shape index (κ3) is 3.36. The summed E-state index contributed by atoms with van der Waals surface area (Å²) in [6.45, 7) is 1.67. The molecule has 0 saturated heterocycles. The number of fused-ring (bicyclic) bond motifs is 6. The van der Waals surface area contributed by atoms with Gasteiger partial charge in [0.1, 0.15) is 11.7 Å². The van der Waals surface area contributed by atoms with Crippen molar-refractivity contribution in [3.8, 4) is 5.75 Å². The van der Waals surface area contributed by atoms with E-state index in [0.717, 1.165) is 23.5 Å². The molecule has 2 aromatic carbocycles. The number of alkyl halides is 3. The van der Waals surface area contributed by atoms with Gasteiger partial charge in [-0.1, -0.05) is 41.7 Å². The highest BCUT2D eigenvalue weighted by molar-refractivity contribution is 7.07. The van der Waals surface area contributed by atoms with Crippen LogP contribution in [-0.2, 0) is 15.7 Å². The molecule has 3 aromatic rings. The van der Waals surface area contributed by atoms with Gasteiger partial charge in [-0.15, -0.1) is 0 Å². The van der Waals surface area contributed by atoms with Crippen molar-refractivity contribution in [3.63, 3.8) is 0 Å². The van der Waals surface area contributed by atoms with Gasteiger partial charge in [0.25, 0.3) is 5.56 Å². The lowest BCUT2D eigenvalue weighted by Gasteiger charge is -2.44. The largest absolute Gasteiger partial charge is 0.469 e. The number of halogens is 3. The molecule has 2 bridgehead atoms. The number of rotatable bonds is 2. The maximum Gasteiger partial charge on any atom is 0.416 e. The van der Waals surface area contributed by atoms with Crippen LogP contribution in [0.25, 0.3) is 6.08 Å². The zero-order valence-electron chi connectivity index (χ0n) is 17.4. The zero-order valence-corrected chi connectivity index (χ0v) is 18.2. The molecule has 0 unspecified atom stereocenters. The second-order valence-corrected chi connectivity index (χ2v) is 8.95. The van der Waals surface area contributed by atoms with E-state index in [0.29, 0.717) is 21.7 Å². The third-order valence-corrected chi connectivity index (χ3v) is 6.85. The topological polar surface area (TPSA) is 69.9 Å². The van der Waals surface area contributed by atoms with Gasteiger partial charge in [-0.3, -0.25) is 14.2 Å². The highest BCUT2D eigenvalue weighted by atomic mass is 32.1. The van der Waals surface area contributed by atoms with Crippen molar-refractivity contribution in [2.45, 2.75) is 24.9 Å². The number of nitrogens with zero attached hydrogens (tertiary/aromatic N) is 2. The minimum Gasteiger partial charge on any atom is -0.469 e. The Labute approximate surface area is 189 Å². The summed E-state index contributed by atoms with van der Waals surface area (Å²) in [5.74, 6) is -0.931. The van der Waals surface area contributed by atoms with Gasteiger partial charge in [-0.05, 0) is 36.8 Å². The van der Waals surface area contributed by atoms with Crippen LogP contribution in [-0.4, -0.2) is 23.4 Å². The van der Waals surface area contributed by atoms with E-state index in [4.69, 9.17) is 9.47 Å². The number of hydrogen-bond acceptors (Lipinski definition) is 6. The summed E-state index contributed by atoms with van der Waals surface area (Å²) in [7, 11) is 1.27. The normalized spacial score (nSPS) is 23.7. The molecule has 1 aromatic heterocycles. The SMILES string of the molecule is COC(=O)[C@H]1[C@H]2c3ccccc3O[C@]1(C)N=c1s/c(=C/c3ccc(C(F)(F)F)cc3)c(=O)n12. The van der Waals surface area contributed by atoms with Crippen molar-refractivity contribution in [3.05, 3.63) is 84.9 Å². The van der Waals surface area contributed by atoms with E-state index in [1.54, 1.807) is 31.2 Å². The molecule has 0 amide bonds. The van der Waals surface area contributed by atoms with Crippen LogP contribution in [0, 0.1) is 5.92 Å². The van der Waals surface area contributed by atoms with E-state index < -0.39 is 41.0 Å². The Morgan fingerprint density at radius 3 is 2.58 bits per heavy atom. The molecule has 3 atom stereocenters. The standard InChI is InChI=1S/C23H17F3N2O4S/c1-22-17(20(30)31-2)18(14-5-3-4-6-15(14)32-22)28-19(29)16(33-21(28)27-22)11-12-7-9-13(10-8-12)23(24,25)26/h3-11,17-18H,1-2H3/b16-11+/t17-,18-,22+/m1/s1. The van der Waals surface area contributed by atoms with Crippen molar-refractivity contribution >= 4 is 23.4 Å². The molecule has 2 aliphatic heterocycles. The fraction of sp³-hybridized carbons (Fsp3) is 0.261. The van der Waals surface area contributed by atoms with Crippen molar-refractivity contribution < 1.29 is 27.4 Å². The average Bonchev–Trinajstić information content (AvgIpc) is 3.06. The van der Waals surface area contributed by atoms with Crippen LogP contribution in [0.15, 0.2) is 58.3 Å². The summed E-state index contributed by atoms with van der Waals surface area (Å²) in [5.41, 5.74) is -1.35. The molecule has 33 heavy (non-hydrogen) atoms. The summed E-state index contributed by atoms with van der Waals surface area (Å²) >= 11 is 1.09. The first-order valence-electron chi connectivity index (χ1n) is 9.98. The molecular formula is C23H17F3N2O4S. The molecule has 10 heteroatoms. The highest BCUT2D eigenvalue weighted by Crippen LogP contribution is 2.47. The van der Waals surface area contributed by atoms with Crippen molar-refractivity contribution in [1.82, 2.24) is 4.57 Å². The highest BCUT2D eigenvalue weighted by Gasteiger charge is 2.55. The molecule has 0 radical (unpaired) electrons. The van der Waals surface area contributed by atoms with E-state index in [-0.39, 0.29) is 4.53 Å². The van der Waals surface area contributed by atoms with Crippen molar-refractivity contribution in [1.29, 1.82) is 0 Å². The molecule has 5 rings (SSSR count). The van der Waals surface area contributed by atoms with E-state index in [9.17, 15) is 22.8 Å². The Morgan fingerprint density at radius 1 is 1.21 bits per heavy atom. The molecule has 170 valence electrons. The summed E-state index contributed by atoms with van der Waals surface area (Å²) < 4.78 is 51.4. The van der Waals surface area contributed by atoms with Crippen LogP contribution in [0.5, 0.6) is 5.75 Å². The fourth-order valence-electron chi connectivity index (χ4n) is 4.35. The van der Waals surface area contributed by atoms with Crippen LogP contribution < -0.4 is 19.6 Å². The van der Waals surface area contributed by atoms with Gasteiger partial charge < -0.3 is 9.47 Å². The van der Waals surface area contributed by atoms with Crippen molar-refractivity contribution in [2.24, 2.45) is 10.9 Å². The lowest BCUT2D eigenvalue weighted by Crippen LogP contribution is -2.58. The molecule has 2 aliphatic rings. The monoisotopic (exact) mass is 474 g/mol. The number of methoxy groups -OCH3 is 1. The number of carbonyl (C=O) groups excluding carboxylic acids is 1. The first-order chi connectivity index (χ1) is 15.6. The molecule has 0 saturated carbocycles. The summed E-state index contributed by atoms with van der Waals surface area (Å²) in [4.78, 5) is 31.1. The fourth-order valence-corrected chi connectivity index (χ4v) is 5.45. The number of esters is 1. The van der Waals surface area contributed by atoms with Gasteiger partial charge in [-0.2, -0.15) is 13.2 Å². The smallest absolute Gasteiger partial charge is 0.416 e. The van der Waals surface area contributed by atoms with Gasteiger partial charge >= 0.3 is 12.1 Å². The number of hydrogen-bond donors (Lipinski definition) is 0. The van der Waals surface area contributed by atoms with E-state index in [2.05, 4.69) is 4.99 Å².